The summed E-state index contributed by atoms with van der Waals surface area (Å²) in [4.78, 5) is 27.6. The lowest BCUT2D eigenvalue weighted by molar-refractivity contribution is -0.138. The van der Waals surface area contributed by atoms with E-state index in [1.807, 2.05) is 64.1 Å². The number of benzene rings is 2. The fraction of sp³-hybridized carbons (Fsp3) is 0.360. The number of aryl methyl sites for hydroxylation is 2. The Labute approximate surface area is 178 Å². The van der Waals surface area contributed by atoms with Crippen molar-refractivity contribution in [2.24, 2.45) is 5.92 Å². The Morgan fingerprint density at radius 2 is 1.50 bits per heavy atom. The van der Waals surface area contributed by atoms with Crippen molar-refractivity contribution in [2.45, 2.75) is 47.6 Å². The Balaban J connectivity index is 2.00. The Kier molecular flexibility index (Phi) is 6.30. The molecular formula is C25H30N2O3. The van der Waals surface area contributed by atoms with Crippen molar-refractivity contribution in [3.63, 3.8) is 0 Å². The number of nitrogens with one attached hydrogen (secondary N) is 1. The Morgan fingerprint density at radius 3 is 2.03 bits per heavy atom. The van der Waals surface area contributed by atoms with Gasteiger partial charge in [-0.1, -0.05) is 32.0 Å². The molecule has 30 heavy (non-hydrogen) atoms. The molecule has 1 aliphatic heterocycles. The van der Waals surface area contributed by atoms with Crippen molar-refractivity contribution in [3.8, 4) is 5.75 Å². The predicted molar refractivity (Wildman–Crippen MR) is 120 cm³/mol. The van der Waals surface area contributed by atoms with Crippen molar-refractivity contribution in [3.05, 3.63) is 64.9 Å². The summed E-state index contributed by atoms with van der Waals surface area (Å²) >= 11 is 0. The van der Waals surface area contributed by atoms with E-state index >= 15 is 0 Å². The molecule has 0 fully saturated rings. The first-order valence-corrected chi connectivity index (χ1v) is 10.4. The third-order valence-corrected chi connectivity index (χ3v) is 4.85. The maximum absolute atomic E-state index is 13.2. The van der Waals surface area contributed by atoms with E-state index in [2.05, 4.69) is 25.2 Å². The predicted octanol–water partition coefficient (Wildman–Crippen LogP) is 4.94. The first-order chi connectivity index (χ1) is 14.2. The molecule has 0 aromatic heterocycles. The Morgan fingerprint density at radius 1 is 0.900 bits per heavy atom. The molecule has 0 unspecified atom stereocenters. The summed E-state index contributed by atoms with van der Waals surface area (Å²) in [5, 5.41) is 3.23. The number of imide groups is 1. The molecule has 5 nitrogen and oxygen atoms in total. The molecule has 0 radical (unpaired) electrons. The highest BCUT2D eigenvalue weighted by Crippen LogP contribution is 2.32. The van der Waals surface area contributed by atoms with Gasteiger partial charge in [0.1, 0.15) is 11.4 Å². The number of nitrogens with zero attached hydrogens (tertiary/aromatic N) is 1. The standard InChI is InChI=1S/C25H30N2O3/c1-15(2)14-30-21-9-7-19(8-10-21)22-23(25(29)27(16(3)4)24(22)28)26-20-12-17(5)11-18(6)13-20/h7-13,15-16,26H,14H2,1-6H3. The molecule has 0 bridgehead atoms. The molecule has 0 spiro atoms. The van der Waals surface area contributed by atoms with Crippen LogP contribution in [0.1, 0.15) is 44.4 Å². The summed E-state index contributed by atoms with van der Waals surface area (Å²) in [6, 6.07) is 13.1. The van der Waals surface area contributed by atoms with Gasteiger partial charge in [-0.05, 0) is 74.6 Å². The largest absolute Gasteiger partial charge is 0.493 e. The van der Waals surface area contributed by atoms with Crippen LogP contribution in [0, 0.1) is 19.8 Å². The van der Waals surface area contributed by atoms with Gasteiger partial charge >= 0.3 is 0 Å². The van der Waals surface area contributed by atoms with E-state index in [0.717, 1.165) is 22.6 Å². The van der Waals surface area contributed by atoms with Crippen LogP contribution in [-0.4, -0.2) is 29.4 Å². The molecule has 0 saturated carbocycles. The second kappa shape index (κ2) is 8.74. The van der Waals surface area contributed by atoms with Crippen molar-refractivity contribution in [1.82, 2.24) is 4.90 Å². The lowest BCUT2D eigenvalue weighted by Crippen LogP contribution is -2.38. The summed E-state index contributed by atoms with van der Waals surface area (Å²) in [5.74, 6) is 0.589. The molecule has 2 amide bonds. The smallest absolute Gasteiger partial charge is 0.278 e. The average Bonchev–Trinajstić information content (AvgIpc) is 2.89. The van der Waals surface area contributed by atoms with E-state index in [1.54, 1.807) is 0 Å². The SMILES string of the molecule is Cc1cc(C)cc(NC2=C(c3ccc(OCC(C)C)cc3)C(=O)N(C(C)C)C2=O)c1. The summed E-state index contributed by atoms with van der Waals surface area (Å²) in [6.45, 7) is 12.5. The molecule has 2 aromatic carbocycles. The highest BCUT2D eigenvalue weighted by molar-refractivity contribution is 6.36. The van der Waals surface area contributed by atoms with Crippen LogP contribution in [0.15, 0.2) is 48.2 Å². The van der Waals surface area contributed by atoms with Crippen LogP contribution in [0.4, 0.5) is 5.69 Å². The number of ether oxygens (including phenoxy) is 1. The zero-order valence-corrected chi connectivity index (χ0v) is 18.6. The van der Waals surface area contributed by atoms with E-state index < -0.39 is 0 Å². The molecule has 5 heteroatoms. The first kappa shape index (κ1) is 21.6. The first-order valence-electron chi connectivity index (χ1n) is 10.4. The molecule has 158 valence electrons. The van der Waals surface area contributed by atoms with Crippen molar-refractivity contribution < 1.29 is 14.3 Å². The van der Waals surface area contributed by atoms with Crippen molar-refractivity contribution >= 4 is 23.1 Å². The van der Waals surface area contributed by atoms with Gasteiger partial charge in [-0.3, -0.25) is 14.5 Å². The topological polar surface area (TPSA) is 58.6 Å². The second-order valence-corrected chi connectivity index (χ2v) is 8.55. The number of anilines is 1. The monoisotopic (exact) mass is 406 g/mol. The van der Waals surface area contributed by atoms with E-state index in [4.69, 9.17) is 4.74 Å². The summed E-state index contributed by atoms with van der Waals surface area (Å²) < 4.78 is 5.75. The lowest BCUT2D eigenvalue weighted by atomic mass is 10.0. The molecule has 1 N–H and O–H groups in total. The minimum atomic E-state index is -0.302. The molecule has 0 aliphatic carbocycles. The molecular weight excluding hydrogens is 376 g/mol. The quantitative estimate of drug-likeness (QED) is 0.662. The van der Waals surface area contributed by atoms with Gasteiger partial charge in [0.2, 0.25) is 0 Å². The normalized spacial score (nSPS) is 14.3. The highest BCUT2D eigenvalue weighted by Gasteiger charge is 2.40. The average molecular weight is 407 g/mol. The lowest BCUT2D eigenvalue weighted by Gasteiger charge is -2.19. The van der Waals surface area contributed by atoms with Gasteiger partial charge in [-0.2, -0.15) is 0 Å². The van der Waals surface area contributed by atoms with E-state index in [-0.39, 0.29) is 17.9 Å². The molecule has 0 saturated heterocycles. The number of carbonyl (C=O) groups excluding carboxylic acids is 2. The fourth-order valence-electron chi connectivity index (χ4n) is 3.57. The summed E-state index contributed by atoms with van der Waals surface area (Å²) in [5.41, 5.74) is 4.37. The number of rotatable bonds is 7. The van der Waals surface area contributed by atoms with E-state index in [9.17, 15) is 9.59 Å². The van der Waals surface area contributed by atoms with Crippen LogP contribution >= 0.6 is 0 Å². The zero-order chi connectivity index (χ0) is 22.0. The minimum absolute atomic E-state index is 0.229. The van der Waals surface area contributed by atoms with E-state index in [0.29, 0.717) is 29.4 Å². The van der Waals surface area contributed by atoms with Crippen LogP contribution in [0.3, 0.4) is 0 Å². The molecule has 1 heterocycles. The zero-order valence-electron chi connectivity index (χ0n) is 18.6. The van der Waals surface area contributed by atoms with Gasteiger partial charge in [0, 0.05) is 11.7 Å². The van der Waals surface area contributed by atoms with Gasteiger partial charge in [-0.25, -0.2) is 0 Å². The highest BCUT2D eigenvalue weighted by atomic mass is 16.5. The van der Waals surface area contributed by atoms with E-state index in [1.165, 1.54) is 4.90 Å². The molecule has 0 atom stereocenters. The minimum Gasteiger partial charge on any atom is -0.493 e. The third-order valence-electron chi connectivity index (χ3n) is 4.85. The van der Waals surface area contributed by atoms with Crippen LogP contribution < -0.4 is 10.1 Å². The van der Waals surface area contributed by atoms with Crippen LogP contribution in [0.2, 0.25) is 0 Å². The Hall–Kier alpha value is -3.08. The molecule has 1 aliphatic rings. The Bertz CT molecular complexity index is 968. The maximum atomic E-state index is 13.2. The van der Waals surface area contributed by atoms with Crippen LogP contribution in [0.5, 0.6) is 5.75 Å². The summed E-state index contributed by atoms with van der Waals surface area (Å²) in [7, 11) is 0. The fourth-order valence-corrected chi connectivity index (χ4v) is 3.57. The van der Waals surface area contributed by atoms with Gasteiger partial charge in [-0.15, -0.1) is 0 Å². The van der Waals surface area contributed by atoms with Crippen LogP contribution in [0.25, 0.3) is 5.57 Å². The number of hydrogen-bond donors (Lipinski definition) is 1. The van der Waals surface area contributed by atoms with Gasteiger partial charge in [0.15, 0.2) is 0 Å². The van der Waals surface area contributed by atoms with Gasteiger partial charge in [0.25, 0.3) is 11.8 Å². The van der Waals surface area contributed by atoms with Gasteiger partial charge in [0.05, 0.1) is 12.2 Å². The number of carbonyl (C=O) groups is 2. The summed E-state index contributed by atoms with van der Waals surface area (Å²) in [6.07, 6.45) is 0. The molecule has 3 rings (SSSR count). The number of amides is 2. The molecule has 2 aromatic rings. The number of hydrogen-bond acceptors (Lipinski definition) is 4. The van der Waals surface area contributed by atoms with Crippen molar-refractivity contribution in [2.75, 3.05) is 11.9 Å². The third kappa shape index (κ3) is 4.56. The second-order valence-electron chi connectivity index (χ2n) is 8.55. The van der Waals surface area contributed by atoms with Crippen molar-refractivity contribution in [1.29, 1.82) is 0 Å². The van der Waals surface area contributed by atoms with Crippen LogP contribution in [-0.2, 0) is 9.59 Å². The van der Waals surface area contributed by atoms with Gasteiger partial charge < -0.3 is 10.1 Å². The maximum Gasteiger partial charge on any atom is 0.278 e.